The summed E-state index contributed by atoms with van der Waals surface area (Å²) in [7, 11) is 0.186. The van der Waals surface area contributed by atoms with Gasteiger partial charge in [0.2, 0.25) is 0 Å². The largest absolute Gasteiger partial charge is 0.497 e. The van der Waals surface area contributed by atoms with Gasteiger partial charge in [0.1, 0.15) is 11.9 Å². The second kappa shape index (κ2) is 4.76. The van der Waals surface area contributed by atoms with Crippen LogP contribution >= 0.6 is 0 Å². The number of methoxy groups -OCH3 is 1. The maximum atomic E-state index is 11.6. The third-order valence-corrected chi connectivity index (χ3v) is 5.90. The minimum Gasteiger partial charge on any atom is -0.497 e. The van der Waals surface area contributed by atoms with E-state index >= 15 is 0 Å². The molecule has 1 aromatic rings. The smallest absolute Gasteiger partial charge is 0.310 e. The number of carbonyl (C=O) groups is 1. The van der Waals surface area contributed by atoms with Gasteiger partial charge in [0.25, 0.3) is 0 Å². The lowest BCUT2D eigenvalue weighted by molar-refractivity contribution is -0.169. The molecule has 1 heterocycles. The van der Waals surface area contributed by atoms with Crippen LogP contribution in [0.4, 0.5) is 0 Å². The van der Waals surface area contributed by atoms with Gasteiger partial charge in [0, 0.05) is 6.42 Å². The highest BCUT2D eigenvalue weighted by Crippen LogP contribution is 2.39. The van der Waals surface area contributed by atoms with Crippen molar-refractivity contribution in [1.82, 2.24) is 0 Å². The molecule has 0 aliphatic carbocycles. The van der Waals surface area contributed by atoms with Crippen LogP contribution in [-0.4, -0.2) is 27.3 Å². The molecule has 1 fully saturated rings. The molecule has 1 aliphatic rings. The second-order valence-electron chi connectivity index (χ2n) is 5.87. The monoisotopic (exact) mass is 264 g/mol. The molecular formula is C14H20O3Si. The third-order valence-electron chi connectivity index (χ3n) is 3.42. The number of rotatable bonds is 4. The Hall–Kier alpha value is -1.29. The normalized spacial score (nSPS) is 23.2. The number of hydrogen-bond acceptors (Lipinski definition) is 3. The van der Waals surface area contributed by atoms with Crippen molar-refractivity contribution >= 4 is 14.0 Å². The predicted molar refractivity (Wildman–Crippen MR) is 73.7 cm³/mol. The van der Waals surface area contributed by atoms with Gasteiger partial charge < -0.3 is 9.47 Å². The zero-order valence-corrected chi connectivity index (χ0v) is 12.4. The fraction of sp³-hybridized carbons (Fsp3) is 0.500. The van der Waals surface area contributed by atoms with Crippen molar-refractivity contribution in [2.75, 3.05) is 7.11 Å². The molecule has 0 unspecified atom stereocenters. The quantitative estimate of drug-likeness (QED) is 0.619. The summed E-state index contributed by atoms with van der Waals surface area (Å²) in [5.41, 5.74) is 1.33. The summed E-state index contributed by atoms with van der Waals surface area (Å²) >= 11 is 0. The highest BCUT2D eigenvalue weighted by Gasteiger charge is 2.49. The number of benzene rings is 1. The van der Waals surface area contributed by atoms with Gasteiger partial charge in [-0.25, -0.2) is 0 Å². The van der Waals surface area contributed by atoms with Crippen molar-refractivity contribution in [1.29, 1.82) is 0 Å². The molecule has 4 heteroatoms. The SMILES string of the molecule is COc1ccc(C[C@@H]2OC(=O)[C@@H]2[Si](C)(C)C)cc1. The fourth-order valence-corrected chi connectivity index (χ4v) is 4.51. The minimum absolute atomic E-state index is 0.00678. The zero-order valence-electron chi connectivity index (χ0n) is 11.4. The first-order valence-corrected chi connectivity index (χ1v) is 9.83. The van der Waals surface area contributed by atoms with Gasteiger partial charge >= 0.3 is 5.97 Å². The Kier molecular flexibility index (Phi) is 3.48. The van der Waals surface area contributed by atoms with E-state index in [1.807, 2.05) is 24.3 Å². The summed E-state index contributed by atoms with van der Waals surface area (Å²) in [6.07, 6.45) is 0.877. The molecule has 1 saturated heterocycles. The number of ether oxygens (including phenoxy) is 2. The summed E-state index contributed by atoms with van der Waals surface area (Å²) < 4.78 is 10.4. The van der Waals surface area contributed by atoms with Crippen LogP contribution in [0.2, 0.25) is 25.2 Å². The lowest BCUT2D eigenvalue weighted by Gasteiger charge is -2.42. The number of hydrogen-bond donors (Lipinski definition) is 0. The Bertz CT molecular complexity index is 433. The van der Waals surface area contributed by atoms with Crippen LogP contribution in [0.15, 0.2) is 24.3 Å². The summed E-state index contributed by atoms with van der Waals surface area (Å²) in [6.45, 7) is 6.66. The van der Waals surface area contributed by atoms with E-state index < -0.39 is 8.07 Å². The van der Waals surface area contributed by atoms with Gasteiger partial charge in [-0.1, -0.05) is 31.8 Å². The standard InChI is InChI=1S/C14H20O3Si/c1-16-11-7-5-10(6-8-11)9-12-13(14(15)17-12)18(2,3)4/h5-8,12-13H,9H2,1-4H3/t12-,13+/m0/s1. The van der Waals surface area contributed by atoms with E-state index in [4.69, 9.17) is 9.47 Å². The number of cyclic esters (lactones) is 1. The average molecular weight is 264 g/mol. The van der Waals surface area contributed by atoms with Crippen molar-refractivity contribution in [2.45, 2.75) is 37.7 Å². The molecule has 0 spiro atoms. The van der Waals surface area contributed by atoms with Crippen molar-refractivity contribution in [3.63, 3.8) is 0 Å². The van der Waals surface area contributed by atoms with Gasteiger partial charge in [0.15, 0.2) is 0 Å². The van der Waals surface area contributed by atoms with Crippen molar-refractivity contribution in [3.05, 3.63) is 29.8 Å². The van der Waals surface area contributed by atoms with E-state index in [9.17, 15) is 4.79 Å². The average Bonchev–Trinajstić information content (AvgIpc) is 2.26. The van der Waals surface area contributed by atoms with Crippen LogP contribution in [0, 0.1) is 0 Å². The molecule has 2 rings (SSSR count). The van der Waals surface area contributed by atoms with Gasteiger partial charge in [-0.15, -0.1) is 0 Å². The van der Waals surface area contributed by atoms with Gasteiger partial charge in [-0.3, -0.25) is 4.79 Å². The Morgan fingerprint density at radius 3 is 2.28 bits per heavy atom. The lowest BCUT2D eigenvalue weighted by Crippen LogP contribution is -2.53. The topological polar surface area (TPSA) is 35.5 Å². The number of esters is 1. The molecule has 98 valence electrons. The first-order chi connectivity index (χ1) is 8.41. The van der Waals surface area contributed by atoms with E-state index in [-0.39, 0.29) is 17.6 Å². The van der Waals surface area contributed by atoms with Crippen molar-refractivity contribution in [3.8, 4) is 5.75 Å². The molecule has 2 atom stereocenters. The molecule has 1 aromatic carbocycles. The minimum atomic E-state index is -1.47. The molecule has 3 nitrogen and oxygen atoms in total. The van der Waals surface area contributed by atoms with Gasteiger partial charge in [-0.05, 0) is 17.7 Å². The van der Waals surface area contributed by atoms with Gasteiger partial charge in [0.05, 0.1) is 20.7 Å². The molecule has 0 aromatic heterocycles. The summed E-state index contributed by atoms with van der Waals surface area (Å²) in [5.74, 6) is 0.846. The summed E-state index contributed by atoms with van der Waals surface area (Å²) in [5, 5.41) is 0. The molecule has 1 aliphatic heterocycles. The van der Waals surface area contributed by atoms with Crippen LogP contribution in [0.1, 0.15) is 5.56 Å². The fourth-order valence-electron chi connectivity index (χ4n) is 2.43. The first kappa shape index (κ1) is 13.1. The lowest BCUT2D eigenvalue weighted by atomic mass is 10.0. The van der Waals surface area contributed by atoms with E-state index in [0.29, 0.717) is 0 Å². The molecule has 0 saturated carbocycles. The summed E-state index contributed by atoms with van der Waals surface area (Å²) in [6, 6.07) is 7.96. The molecule has 0 bridgehead atoms. The number of carbonyl (C=O) groups excluding carboxylic acids is 1. The van der Waals surface area contributed by atoms with Crippen molar-refractivity contribution in [2.24, 2.45) is 0 Å². The highest BCUT2D eigenvalue weighted by atomic mass is 28.3. The maximum Gasteiger partial charge on any atom is 0.310 e. The zero-order chi connectivity index (χ0) is 13.3. The predicted octanol–water partition coefficient (Wildman–Crippen LogP) is 2.87. The highest BCUT2D eigenvalue weighted by molar-refractivity contribution is 6.81. The molecule has 0 N–H and O–H groups in total. The first-order valence-electron chi connectivity index (χ1n) is 6.25. The molecule has 0 radical (unpaired) electrons. The van der Waals surface area contributed by atoms with Gasteiger partial charge in [-0.2, -0.15) is 0 Å². The second-order valence-corrected chi connectivity index (χ2v) is 11.2. The summed E-state index contributed by atoms with van der Waals surface area (Å²) in [4.78, 5) is 11.6. The Morgan fingerprint density at radius 2 is 1.83 bits per heavy atom. The molecular weight excluding hydrogens is 244 g/mol. The van der Waals surface area contributed by atoms with Crippen LogP contribution in [0.5, 0.6) is 5.75 Å². The van der Waals surface area contributed by atoms with Crippen LogP contribution < -0.4 is 4.74 Å². The van der Waals surface area contributed by atoms with Crippen LogP contribution in [0.25, 0.3) is 0 Å². The maximum absolute atomic E-state index is 11.6. The van der Waals surface area contributed by atoms with Crippen LogP contribution in [0.3, 0.4) is 0 Å². The van der Waals surface area contributed by atoms with E-state index in [1.54, 1.807) is 7.11 Å². The van der Waals surface area contributed by atoms with Crippen molar-refractivity contribution < 1.29 is 14.3 Å². The van der Waals surface area contributed by atoms with Crippen LogP contribution in [-0.2, 0) is 16.0 Å². The van der Waals surface area contributed by atoms with E-state index in [1.165, 1.54) is 5.56 Å². The molecule has 18 heavy (non-hydrogen) atoms. The van der Waals surface area contributed by atoms with E-state index in [0.717, 1.165) is 12.2 Å². The third kappa shape index (κ3) is 2.58. The van der Waals surface area contributed by atoms with E-state index in [2.05, 4.69) is 19.6 Å². The molecule has 0 amide bonds. The Balaban J connectivity index is 2.03. The Labute approximate surface area is 109 Å². The Morgan fingerprint density at radius 1 is 1.22 bits per heavy atom.